The molecule has 0 radical (unpaired) electrons. The molecule has 5 nitrogen and oxygen atoms in total. The molecule has 1 amide bonds. The van der Waals surface area contributed by atoms with Gasteiger partial charge in [-0.3, -0.25) is 9.78 Å². The Labute approximate surface area is 123 Å². The summed E-state index contributed by atoms with van der Waals surface area (Å²) in [6.45, 7) is 2.55. The maximum Gasteiger partial charge on any atom is 0.255 e. The zero-order valence-electron chi connectivity index (χ0n) is 12.1. The number of carbonyl (C=O) groups is 1. The standard InChI is InChI=1S/C16H17N3O2/c1-12-5-6-15(21-12)11-19(2)16(20)14-8-13(4-3-7-17)9-18-10-14/h5-6,8-10H,7,11,17H2,1-2H3. The molecule has 21 heavy (non-hydrogen) atoms. The van der Waals surface area contributed by atoms with E-state index in [0.29, 0.717) is 17.7 Å². The Morgan fingerprint density at radius 1 is 1.43 bits per heavy atom. The summed E-state index contributed by atoms with van der Waals surface area (Å²) in [5, 5.41) is 0. The first kappa shape index (κ1) is 14.8. The van der Waals surface area contributed by atoms with E-state index in [1.165, 1.54) is 6.20 Å². The zero-order valence-corrected chi connectivity index (χ0v) is 12.1. The third-order valence-electron chi connectivity index (χ3n) is 2.86. The molecule has 108 valence electrons. The highest BCUT2D eigenvalue weighted by molar-refractivity contribution is 5.94. The van der Waals surface area contributed by atoms with E-state index >= 15 is 0 Å². The Bertz CT molecular complexity index is 695. The van der Waals surface area contributed by atoms with Gasteiger partial charge in [-0.25, -0.2) is 0 Å². The quantitative estimate of drug-likeness (QED) is 0.868. The summed E-state index contributed by atoms with van der Waals surface area (Å²) < 4.78 is 5.47. The number of amides is 1. The molecule has 2 N–H and O–H groups in total. The second-order valence-corrected chi connectivity index (χ2v) is 4.64. The monoisotopic (exact) mass is 283 g/mol. The average molecular weight is 283 g/mol. The van der Waals surface area contributed by atoms with Gasteiger partial charge in [-0.1, -0.05) is 11.8 Å². The molecule has 0 atom stereocenters. The Morgan fingerprint density at radius 3 is 2.90 bits per heavy atom. The van der Waals surface area contributed by atoms with Gasteiger partial charge >= 0.3 is 0 Å². The van der Waals surface area contributed by atoms with Gasteiger partial charge < -0.3 is 15.1 Å². The van der Waals surface area contributed by atoms with Crippen molar-refractivity contribution in [3.8, 4) is 11.8 Å². The molecule has 5 heteroatoms. The molecule has 0 aliphatic carbocycles. The molecule has 0 aliphatic rings. The summed E-state index contributed by atoms with van der Waals surface area (Å²) >= 11 is 0. The van der Waals surface area contributed by atoms with Crippen LogP contribution in [-0.2, 0) is 6.54 Å². The number of nitrogens with two attached hydrogens (primary N) is 1. The minimum Gasteiger partial charge on any atom is -0.464 e. The molecule has 0 saturated carbocycles. The molecule has 2 rings (SSSR count). The summed E-state index contributed by atoms with van der Waals surface area (Å²) in [5.41, 5.74) is 6.50. The van der Waals surface area contributed by atoms with Crippen LogP contribution in [0, 0.1) is 18.8 Å². The number of hydrogen-bond acceptors (Lipinski definition) is 4. The van der Waals surface area contributed by atoms with Crippen LogP contribution in [0.4, 0.5) is 0 Å². The highest BCUT2D eigenvalue weighted by Gasteiger charge is 2.14. The Balaban J connectivity index is 2.11. The number of hydrogen-bond donors (Lipinski definition) is 1. The summed E-state index contributed by atoms with van der Waals surface area (Å²) in [5.74, 6) is 7.04. The minimum atomic E-state index is -0.132. The van der Waals surface area contributed by atoms with E-state index in [1.54, 1.807) is 24.2 Å². The number of carbonyl (C=O) groups excluding carboxylic acids is 1. The second-order valence-electron chi connectivity index (χ2n) is 4.64. The SMILES string of the molecule is Cc1ccc(CN(C)C(=O)c2cncc(C#CCN)c2)o1. The summed E-state index contributed by atoms with van der Waals surface area (Å²) in [6.07, 6.45) is 3.13. The summed E-state index contributed by atoms with van der Waals surface area (Å²) in [6, 6.07) is 5.45. The smallest absolute Gasteiger partial charge is 0.255 e. The van der Waals surface area contributed by atoms with Crippen molar-refractivity contribution in [3.63, 3.8) is 0 Å². The van der Waals surface area contributed by atoms with Gasteiger partial charge in [0.1, 0.15) is 11.5 Å². The van der Waals surface area contributed by atoms with Crippen LogP contribution in [0.1, 0.15) is 27.4 Å². The number of pyridine rings is 1. The molecule has 0 bridgehead atoms. The third kappa shape index (κ3) is 3.94. The van der Waals surface area contributed by atoms with Gasteiger partial charge in [0.05, 0.1) is 18.7 Å². The maximum atomic E-state index is 12.4. The first-order valence-electron chi connectivity index (χ1n) is 6.55. The Morgan fingerprint density at radius 2 is 2.24 bits per heavy atom. The largest absolute Gasteiger partial charge is 0.464 e. The molecule has 0 saturated heterocycles. The zero-order chi connectivity index (χ0) is 15.2. The van der Waals surface area contributed by atoms with Gasteiger partial charge in [-0.2, -0.15) is 0 Å². The van der Waals surface area contributed by atoms with Gasteiger partial charge in [0.15, 0.2) is 0 Å². The lowest BCUT2D eigenvalue weighted by Crippen LogP contribution is -2.26. The normalized spacial score (nSPS) is 9.86. The summed E-state index contributed by atoms with van der Waals surface area (Å²) in [4.78, 5) is 18.0. The van der Waals surface area contributed by atoms with Gasteiger partial charge in [0.2, 0.25) is 0 Å². The lowest BCUT2D eigenvalue weighted by molar-refractivity contribution is 0.0774. The van der Waals surface area contributed by atoms with E-state index in [9.17, 15) is 4.79 Å². The molecule has 0 aromatic carbocycles. The van der Waals surface area contributed by atoms with E-state index in [1.807, 2.05) is 19.1 Å². The molecular weight excluding hydrogens is 266 g/mol. The topological polar surface area (TPSA) is 72.4 Å². The number of aryl methyl sites for hydroxylation is 1. The first-order valence-corrected chi connectivity index (χ1v) is 6.55. The highest BCUT2D eigenvalue weighted by Crippen LogP contribution is 2.11. The van der Waals surface area contributed by atoms with Gasteiger partial charge in [0.25, 0.3) is 5.91 Å². The maximum absolute atomic E-state index is 12.4. The first-order chi connectivity index (χ1) is 10.1. The number of aromatic nitrogens is 1. The van der Waals surface area contributed by atoms with E-state index < -0.39 is 0 Å². The van der Waals surface area contributed by atoms with Gasteiger partial charge in [0, 0.05) is 25.0 Å². The molecule has 0 unspecified atom stereocenters. The van der Waals surface area contributed by atoms with Crippen LogP contribution in [-0.4, -0.2) is 29.4 Å². The fourth-order valence-corrected chi connectivity index (χ4v) is 1.87. The molecule has 0 aliphatic heterocycles. The van der Waals surface area contributed by atoms with E-state index in [4.69, 9.17) is 10.2 Å². The molecule has 2 heterocycles. The predicted octanol–water partition coefficient (Wildman–Crippen LogP) is 1.57. The van der Waals surface area contributed by atoms with Crippen molar-refractivity contribution in [2.75, 3.05) is 13.6 Å². The minimum absolute atomic E-state index is 0.132. The van der Waals surface area contributed by atoms with Crippen molar-refractivity contribution in [1.82, 2.24) is 9.88 Å². The van der Waals surface area contributed by atoms with Gasteiger partial charge in [-0.05, 0) is 25.1 Å². The molecule has 0 spiro atoms. The van der Waals surface area contributed by atoms with Crippen molar-refractivity contribution in [3.05, 3.63) is 53.2 Å². The lowest BCUT2D eigenvalue weighted by atomic mass is 10.2. The van der Waals surface area contributed by atoms with Crippen LogP contribution in [0.5, 0.6) is 0 Å². The number of furan rings is 1. The Kier molecular flexibility index (Phi) is 4.75. The fraction of sp³-hybridized carbons (Fsp3) is 0.250. The van der Waals surface area contributed by atoms with E-state index in [0.717, 1.165) is 11.5 Å². The lowest BCUT2D eigenvalue weighted by Gasteiger charge is -2.15. The highest BCUT2D eigenvalue weighted by atomic mass is 16.3. The number of rotatable bonds is 3. The molecule has 2 aromatic heterocycles. The molecular formula is C16H17N3O2. The van der Waals surface area contributed by atoms with Crippen LogP contribution < -0.4 is 5.73 Å². The van der Waals surface area contributed by atoms with Crippen LogP contribution in [0.25, 0.3) is 0 Å². The van der Waals surface area contributed by atoms with Crippen LogP contribution in [0.3, 0.4) is 0 Å². The van der Waals surface area contributed by atoms with Crippen molar-refractivity contribution in [2.24, 2.45) is 5.73 Å². The average Bonchev–Trinajstić information content (AvgIpc) is 2.89. The second kappa shape index (κ2) is 6.73. The van der Waals surface area contributed by atoms with Gasteiger partial charge in [-0.15, -0.1) is 0 Å². The van der Waals surface area contributed by atoms with Crippen molar-refractivity contribution in [2.45, 2.75) is 13.5 Å². The van der Waals surface area contributed by atoms with E-state index in [-0.39, 0.29) is 12.5 Å². The van der Waals surface area contributed by atoms with Crippen LogP contribution >= 0.6 is 0 Å². The third-order valence-corrected chi connectivity index (χ3v) is 2.86. The fourth-order valence-electron chi connectivity index (χ4n) is 1.87. The van der Waals surface area contributed by atoms with Crippen LogP contribution in [0.15, 0.2) is 35.0 Å². The van der Waals surface area contributed by atoms with Crippen LogP contribution in [0.2, 0.25) is 0 Å². The van der Waals surface area contributed by atoms with E-state index in [2.05, 4.69) is 16.8 Å². The van der Waals surface area contributed by atoms with Crippen molar-refractivity contribution in [1.29, 1.82) is 0 Å². The van der Waals surface area contributed by atoms with Crippen molar-refractivity contribution >= 4 is 5.91 Å². The predicted molar refractivity (Wildman–Crippen MR) is 79.4 cm³/mol. The summed E-state index contributed by atoms with van der Waals surface area (Å²) in [7, 11) is 1.72. The molecule has 2 aromatic rings. The Hall–Kier alpha value is -2.58. The molecule has 0 fully saturated rings. The number of nitrogens with zero attached hydrogens (tertiary/aromatic N) is 2. The van der Waals surface area contributed by atoms with Crippen molar-refractivity contribution < 1.29 is 9.21 Å².